The summed E-state index contributed by atoms with van der Waals surface area (Å²) in [6.45, 7) is 6.66. The Morgan fingerprint density at radius 3 is 2.61 bits per heavy atom. The molecule has 1 aromatic heterocycles. The number of carbonyl (C=O) groups is 1. The van der Waals surface area contributed by atoms with Crippen molar-refractivity contribution in [1.29, 1.82) is 5.26 Å². The zero-order valence-electron chi connectivity index (χ0n) is 14.3. The van der Waals surface area contributed by atoms with Gasteiger partial charge in [-0.25, -0.2) is 0 Å². The molecule has 0 N–H and O–H groups in total. The van der Waals surface area contributed by atoms with E-state index < -0.39 is 0 Å². The number of rotatable bonds is 3. The van der Waals surface area contributed by atoms with Crippen molar-refractivity contribution < 1.29 is 4.79 Å². The maximum Gasteiger partial charge on any atom is 0.272 e. The molecule has 0 radical (unpaired) electrons. The number of amides is 1. The molecule has 2 rings (SSSR count). The number of aryl methyl sites for hydroxylation is 1. The fourth-order valence-corrected chi connectivity index (χ4v) is 2.31. The summed E-state index contributed by atoms with van der Waals surface area (Å²) in [6, 6.07) is 11.3. The predicted octanol–water partition coefficient (Wildman–Crippen LogP) is 2.86. The quantitative estimate of drug-likeness (QED) is 0.875. The van der Waals surface area contributed by atoms with Gasteiger partial charge in [-0.2, -0.15) is 10.4 Å². The maximum atomic E-state index is 12.7. The van der Waals surface area contributed by atoms with Crippen molar-refractivity contribution in [2.24, 2.45) is 7.05 Å². The van der Waals surface area contributed by atoms with Crippen molar-refractivity contribution >= 4 is 5.91 Å². The number of hydrogen-bond acceptors (Lipinski definition) is 3. The molecule has 0 fully saturated rings. The Kier molecular flexibility index (Phi) is 4.55. The number of aromatic nitrogens is 2. The summed E-state index contributed by atoms with van der Waals surface area (Å²) < 4.78 is 1.63. The van der Waals surface area contributed by atoms with Crippen LogP contribution >= 0.6 is 0 Å². The molecular formula is C18H22N4O. The monoisotopic (exact) mass is 310 g/mol. The first-order valence-electron chi connectivity index (χ1n) is 7.51. The first kappa shape index (κ1) is 16.8. The minimum absolute atomic E-state index is 0.0853. The zero-order chi connectivity index (χ0) is 17.2. The van der Waals surface area contributed by atoms with Crippen molar-refractivity contribution in [3.8, 4) is 6.07 Å². The van der Waals surface area contributed by atoms with Crippen LogP contribution in [0.4, 0.5) is 0 Å². The van der Waals surface area contributed by atoms with Gasteiger partial charge in [-0.3, -0.25) is 9.48 Å². The molecule has 0 aliphatic carbocycles. The van der Waals surface area contributed by atoms with E-state index in [0.29, 0.717) is 17.8 Å². The van der Waals surface area contributed by atoms with Gasteiger partial charge < -0.3 is 4.90 Å². The Morgan fingerprint density at radius 1 is 1.35 bits per heavy atom. The molecule has 1 heterocycles. The molecule has 23 heavy (non-hydrogen) atoms. The van der Waals surface area contributed by atoms with Crippen LogP contribution in [0.25, 0.3) is 0 Å². The highest BCUT2D eigenvalue weighted by atomic mass is 16.2. The van der Waals surface area contributed by atoms with Crippen molar-refractivity contribution in [2.45, 2.75) is 32.7 Å². The Balaban J connectivity index is 2.20. The Morgan fingerprint density at radius 2 is 2.04 bits per heavy atom. The van der Waals surface area contributed by atoms with Crippen LogP contribution in [-0.4, -0.2) is 27.6 Å². The van der Waals surface area contributed by atoms with Gasteiger partial charge in [0.1, 0.15) is 5.69 Å². The molecule has 1 aromatic carbocycles. The molecule has 0 spiro atoms. The lowest BCUT2D eigenvalue weighted by molar-refractivity contribution is 0.0774. The second-order valence-electron chi connectivity index (χ2n) is 6.76. The van der Waals surface area contributed by atoms with Crippen LogP contribution in [0.3, 0.4) is 0 Å². The van der Waals surface area contributed by atoms with Crippen LogP contribution in [0.5, 0.6) is 0 Å². The van der Waals surface area contributed by atoms with Crippen LogP contribution < -0.4 is 0 Å². The third-order valence-corrected chi connectivity index (χ3v) is 3.69. The number of benzene rings is 1. The van der Waals surface area contributed by atoms with Gasteiger partial charge in [-0.05, 0) is 23.8 Å². The van der Waals surface area contributed by atoms with Crippen LogP contribution in [0, 0.1) is 11.3 Å². The summed E-state index contributed by atoms with van der Waals surface area (Å²) in [4.78, 5) is 14.3. The van der Waals surface area contributed by atoms with Crippen molar-refractivity contribution in [3.05, 3.63) is 52.8 Å². The van der Waals surface area contributed by atoms with Crippen molar-refractivity contribution in [3.63, 3.8) is 0 Å². The van der Waals surface area contributed by atoms with E-state index in [4.69, 9.17) is 5.26 Å². The van der Waals surface area contributed by atoms with Crippen LogP contribution in [0.2, 0.25) is 0 Å². The number of hydrogen-bond donors (Lipinski definition) is 0. The number of nitrogens with zero attached hydrogens (tertiary/aromatic N) is 4. The summed E-state index contributed by atoms with van der Waals surface area (Å²) >= 11 is 0. The smallest absolute Gasteiger partial charge is 0.272 e. The molecule has 1 amide bonds. The summed E-state index contributed by atoms with van der Waals surface area (Å²) in [7, 11) is 3.54. The standard InChI is InChI=1S/C18H22N4O/c1-18(2,3)16-10-15(22(5)20-16)17(23)21(4)12-14-8-6-7-13(9-14)11-19/h6-10H,12H2,1-5H3. The van der Waals surface area contributed by atoms with Gasteiger partial charge in [0, 0.05) is 26.1 Å². The van der Waals surface area contributed by atoms with Gasteiger partial charge in [-0.1, -0.05) is 32.9 Å². The highest BCUT2D eigenvalue weighted by molar-refractivity contribution is 5.92. The van der Waals surface area contributed by atoms with Crippen molar-refractivity contribution in [2.75, 3.05) is 7.05 Å². The number of nitriles is 1. The molecule has 0 bridgehead atoms. The summed E-state index contributed by atoms with van der Waals surface area (Å²) in [6.07, 6.45) is 0. The van der Waals surface area contributed by atoms with E-state index in [1.165, 1.54) is 0 Å². The Hall–Kier alpha value is -2.61. The fourth-order valence-electron chi connectivity index (χ4n) is 2.31. The Labute approximate surface area is 137 Å². The lowest BCUT2D eigenvalue weighted by Crippen LogP contribution is -2.28. The topological polar surface area (TPSA) is 61.9 Å². The summed E-state index contributed by atoms with van der Waals surface area (Å²) in [5.74, 6) is -0.0853. The molecule has 0 aliphatic heterocycles. The van der Waals surface area contributed by atoms with Crippen molar-refractivity contribution in [1.82, 2.24) is 14.7 Å². The predicted molar refractivity (Wildman–Crippen MR) is 88.9 cm³/mol. The van der Waals surface area contributed by atoms with E-state index in [1.807, 2.05) is 18.2 Å². The molecular weight excluding hydrogens is 288 g/mol. The SMILES string of the molecule is CN(Cc1cccc(C#N)c1)C(=O)c1cc(C(C)(C)C)nn1C. The average molecular weight is 310 g/mol. The first-order valence-corrected chi connectivity index (χ1v) is 7.51. The van der Waals surface area contributed by atoms with Gasteiger partial charge in [0.25, 0.3) is 5.91 Å². The molecule has 5 heteroatoms. The highest BCUT2D eigenvalue weighted by Crippen LogP contribution is 2.22. The molecule has 0 saturated heterocycles. The minimum Gasteiger partial charge on any atom is -0.336 e. The van der Waals surface area contributed by atoms with E-state index in [-0.39, 0.29) is 11.3 Å². The van der Waals surface area contributed by atoms with Gasteiger partial charge in [-0.15, -0.1) is 0 Å². The lowest BCUT2D eigenvalue weighted by Gasteiger charge is -2.17. The third-order valence-electron chi connectivity index (χ3n) is 3.69. The molecule has 0 aliphatic rings. The van der Waals surface area contributed by atoms with E-state index in [9.17, 15) is 4.79 Å². The minimum atomic E-state index is -0.101. The normalized spacial score (nSPS) is 11.1. The van der Waals surface area contributed by atoms with Crippen LogP contribution in [0.15, 0.2) is 30.3 Å². The largest absolute Gasteiger partial charge is 0.336 e. The average Bonchev–Trinajstić information content (AvgIpc) is 2.88. The molecule has 0 unspecified atom stereocenters. The van der Waals surface area contributed by atoms with E-state index in [2.05, 4.69) is 31.9 Å². The first-order chi connectivity index (χ1) is 10.7. The molecule has 120 valence electrons. The van der Waals surface area contributed by atoms with E-state index >= 15 is 0 Å². The summed E-state index contributed by atoms with van der Waals surface area (Å²) in [5.41, 5.74) is 2.88. The molecule has 0 atom stereocenters. The lowest BCUT2D eigenvalue weighted by atomic mass is 9.92. The zero-order valence-corrected chi connectivity index (χ0v) is 14.3. The van der Waals surface area contributed by atoms with E-state index in [0.717, 1.165) is 11.3 Å². The Bertz CT molecular complexity index is 762. The highest BCUT2D eigenvalue weighted by Gasteiger charge is 2.23. The molecule has 5 nitrogen and oxygen atoms in total. The van der Waals surface area contributed by atoms with Gasteiger partial charge in [0.05, 0.1) is 17.3 Å². The second-order valence-corrected chi connectivity index (χ2v) is 6.76. The van der Waals surface area contributed by atoms with Gasteiger partial charge in [0.15, 0.2) is 0 Å². The van der Waals surface area contributed by atoms with Gasteiger partial charge in [0.2, 0.25) is 0 Å². The van der Waals surface area contributed by atoms with Crippen LogP contribution in [0.1, 0.15) is 48.1 Å². The van der Waals surface area contributed by atoms with E-state index in [1.54, 1.807) is 35.8 Å². The second kappa shape index (κ2) is 6.25. The van der Waals surface area contributed by atoms with Crippen LogP contribution in [-0.2, 0) is 19.0 Å². The summed E-state index contributed by atoms with van der Waals surface area (Å²) in [5, 5.41) is 13.4. The third kappa shape index (κ3) is 3.78. The maximum absolute atomic E-state index is 12.7. The molecule has 0 saturated carbocycles. The molecule has 2 aromatic rings. The number of carbonyl (C=O) groups excluding carboxylic acids is 1. The fraction of sp³-hybridized carbons (Fsp3) is 0.389. The van der Waals surface area contributed by atoms with Gasteiger partial charge >= 0.3 is 0 Å².